The summed E-state index contributed by atoms with van der Waals surface area (Å²) in [5, 5.41) is 20.3. The highest BCUT2D eigenvalue weighted by molar-refractivity contribution is 6.08. The van der Waals surface area contributed by atoms with E-state index in [4.69, 9.17) is 10.9 Å². The first-order valence-corrected chi connectivity index (χ1v) is 5.37. The van der Waals surface area contributed by atoms with Gasteiger partial charge in [0.1, 0.15) is 5.82 Å². The van der Waals surface area contributed by atoms with Crippen LogP contribution in [0.15, 0.2) is 29.7 Å². The Balaban J connectivity index is 2.20. The van der Waals surface area contributed by atoms with Gasteiger partial charge in [-0.05, 0) is 19.1 Å². The van der Waals surface area contributed by atoms with Crippen molar-refractivity contribution in [1.82, 2.24) is 15.2 Å². The molecule has 0 aliphatic rings. The van der Waals surface area contributed by atoms with Crippen LogP contribution in [0.1, 0.15) is 21.6 Å². The van der Waals surface area contributed by atoms with Crippen LogP contribution in [0.2, 0.25) is 0 Å². The molecular formula is C11H12N6O2. The smallest absolute Gasteiger partial charge is 0.258 e. The number of hydrogen-bond acceptors (Lipinski definition) is 5. The third-order valence-electron chi connectivity index (χ3n) is 2.44. The van der Waals surface area contributed by atoms with E-state index in [-0.39, 0.29) is 17.6 Å². The minimum Gasteiger partial charge on any atom is -0.409 e. The average molecular weight is 260 g/mol. The van der Waals surface area contributed by atoms with Gasteiger partial charge in [0.25, 0.3) is 5.91 Å². The van der Waals surface area contributed by atoms with Gasteiger partial charge >= 0.3 is 0 Å². The van der Waals surface area contributed by atoms with Crippen LogP contribution in [0, 0.1) is 6.92 Å². The van der Waals surface area contributed by atoms with E-state index in [9.17, 15) is 4.79 Å². The Morgan fingerprint density at radius 1 is 1.47 bits per heavy atom. The molecule has 0 saturated carbocycles. The Morgan fingerprint density at radius 2 is 2.26 bits per heavy atom. The van der Waals surface area contributed by atoms with E-state index in [0.717, 1.165) is 5.69 Å². The molecule has 0 bridgehead atoms. The summed E-state index contributed by atoms with van der Waals surface area (Å²) in [5.74, 6) is -0.268. The zero-order valence-electron chi connectivity index (χ0n) is 10.1. The summed E-state index contributed by atoms with van der Waals surface area (Å²) in [6.07, 6.45) is 2.81. The van der Waals surface area contributed by atoms with Crippen LogP contribution in [-0.2, 0) is 0 Å². The summed E-state index contributed by atoms with van der Waals surface area (Å²) in [6.45, 7) is 1.83. The molecule has 0 radical (unpaired) electrons. The highest BCUT2D eigenvalue weighted by Crippen LogP contribution is 2.12. The largest absolute Gasteiger partial charge is 0.409 e. The number of nitrogens with one attached hydrogen (secondary N) is 2. The maximum absolute atomic E-state index is 11.9. The molecule has 0 unspecified atom stereocenters. The zero-order valence-corrected chi connectivity index (χ0v) is 10.1. The fourth-order valence-electron chi connectivity index (χ4n) is 1.42. The Hall–Kier alpha value is -2.90. The molecule has 8 nitrogen and oxygen atoms in total. The number of amides is 1. The zero-order chi connectivity index (χ0) is 13.8. The third-order valence-corrected chi connectivity index (χ3v) is 2.44. The van der Waals surface area contributed by atoms with E-state index in [0.29, 0.717) is 11.1 Å². The third kappa shape index (κ3) is 2.68. The molecule has 0 spiro atoms. The molecular weight excluding hydrogens is 248 g/mol. The topological polar surface area (TPSA) is 129 Å². The van der Waals surface area contributed by atoms with Gasteiger partial charge in [0, 0.05) is 11.9 Å². The number of nitrogens with zero attached hydrogens (tertiary/aromatic N) is 3. The summed E-state index contributed by atoms with van der Waals surface area (Å²) in [5.41, 5.74) is 6.96. The van der Waals surface area contributed by atoms with Gasteiger partial charge in [-0.3, -0.25) is 14.9 Å². The average Bonchev–Trinajstić information content (AvgIpc) is 2.86. The molecule has 0 atom stereocenters. The molecule has 0 saturated heterocycles. The second-order valence-corrected chi connectivity index (χ2v) is 3.79. The Labute approximate surface area is 108 Å². The molecule has 0 aliphatic carbocycles. The van der Waals surface area contributed by atoms with Gasteiger partial charge in [-0.1, -0.05) is 5.16 Å². The van der Waals surface area contributed by atoms with Crippen molar-refractivity contribution in [2.75, 3.05) is 5.32 Å². The summed E-state index contributed by atoms with van der Waals surface area (Å²) < 4.78 is 0. The highest BCUT2D eigenvalue weighted by Gasteiger charge is 2.13. The number of aromatic amines is 1. The van der Waals surface area contributed by atoms with E-state index < -0.39 is 0 Å². The van der Waals surface area contributed by atoms with Crippen LogP contribution in [0.4, 0.5) is 5.82 Å². The van der Waals surface area contributed by atoms with Crippen LogP contribution in [0.3, 0.4) is 0 Å². The molecule has 2 aromatic rings. The number of carbonyl (C=O) groups is 1. The van der Waals surface area contributed by atoms with E-state index in [1.54, 1.807) is 12.1 Å². The number of rotatable bonds is 3. The van der Waals surface area contributed by atoms with E-state index in [2.05, 4.69) is 25.7 Å². The number of hydrogen-bond donors (Lipinski definition) is 4. The van der Waals surface area contributed by atoms with Gasteiger partial charge in [0.2, 0.25) is 0 Å². The molecule has 2 heterocycles. The van der Waals surface area contributed by atoms with Gasteiger partial charge in [0.15, 0.2) is 5.84 Å². The van der Waals surface area contributed by atoms with Gasteiger partial charge in [-0.15, -0.1) is 0 Å². The second-order valence-electron chi connectivity index (χ2n) is 3.79. The van der Waals surface area contributed by atoms with Gasteiger partial charge < -0.3 is 16.3 Å². The van der Waals surface area contributed by atoms with Crippen LogP contribution in [-0.4, -0.2) is 32.1 Å². The molecule has 8 heteroatoms. The van der Waals surface area contributed by atoms with Gasteiger partial charge in [-0.2, -0.15) is 5.10 Å². The van der Waals surface area contributed by atoms with Crippen molar-refractivity contribution in [3.8, 4) is 0 Å². The summed E-state index contributed by atoms with van der Waals surface area (Å²) >= 11 is 0. The predicted octanol–water partition coefficient (Wildman–Crippen LogP) is 0.460. The fraction of sp³-hybridized carbons (Fsp3) is 0.0909. The first-order valence-electron chi connectivity index (χ1n) is 5.37. The molecule has 1 amide bonds. The van der Waals surface area contributed by atoms with E-state index in [1.165, 1.54) is 12.4 Å². The Morgan fingerprint density at radius 3 is 2.89 bits per heavy atom. The normalized spacial score (nSPS) is 11.3. The van der Waals surface area contributed by atoms with Crippen molar-refractivity contribution in [3.05, 3.63) is 41.3 Å². The number of carbonyl (C=O) groups excluding carboxylic acids is 1. The number of aryl methyl sites for hydroxylation is 1. The molecule has 0 aromatic carbocycles. The standard InChI is InChI=1S/C11H12N6O2/c1-6-2-3-7(4-13-6)11(18)15-10-8(5-14-16-10)9(12)17-19/h2-5,19H,1H3,(H2,12,17)(H2,14,15,16,18). The number of anilines is 1. The number of H-pyrrole nitrogens is 1. The summed E-state index contributed by atoms with van der Waals surface area (Å²) in [4.78, 5) is 16.0. The van der Waals surface area contributed by atoms with Crippen molar-refractivity contribution in [1.29, 1.82) is 0 Å². The highest BCUT2D eigenvalue weighted by atomic mass is 16.4. The van der Waals surface area contributed by atoms with Crippen LogP contribution >= 0.6 is 0 Å². The van der Waals surface area contributed by atoms with E-state index >= 15 is 0 Å². The van der Waals surface area contributed by atoms with Gasteiger partial charge in [-0.25, -0.2) is 0 Å². The lowest BCUT2D eigenvalue weighted by Gasteiger charge is -2.04. The number of oxime groups is 1. The van der Waals surface area contributed by atoms with Crippen molar-refractivity contribution in [2.24, 2.45) is 10.9 Å². The maximum Gasteiger partial charge on any atom is 0.258 e. The predicted molar refractivity (Wildman–Crippen MR) is 68.0 cm³/mol. The molecule has 0 aliphatic heterocycles. The van der Waals surface area contributed by atoms with Gasteiger partial charge in [0.05, 0.1) is 17.3 Å². The number of aromatic nitrogens is 3. The monoisotopic (exact) mass is 260 g/mol. The van der Waals surface area contributed by atoms with Crippen molar-refractivity contribution in [2.45, 2.75) is 6.92 Å². The van der Waals surface area contributed by atoms with Crippen LogP contribution in [0.25, 0.3) is 0 Å². The molecule has 98 valence electrons. The summed E-state index contributed by atoms with van der Waals surface area (Å²) in [6, 6.07) is 3.38. The molecule has 19 heavy (non-hydrogen) atoms. The van der Waals surface area contributed by atoms with Crippen molar-refractivity contribution >= 4 is 17.6 Å². The number of amidine groups is 1. The SMILES string of the molecule is Cc1ccc(C(=O)Nc2[nH]ncc2C(N)=NO)cn1. The minimum absolute atomic E-state index is 0.147. The van der Waals surface area contributed by atoms with E-state index in [1.807, 2.05) is 6.92 Å². The number of nitrogens with two attached hydrogens (primary N) is 1. The minimum atomic E-state index is -0.372. The van der Waals surface area contributed by atoms with Crippen LogP contribution < -0.4 is 11.1 Å². The Kier molecular flexibility index (Phi) is 3.42. The fourth-order valence-corrected chi connectivity index (χ4v) is 1.42. The Bertz CT molecular complexity index is 616. The lowest BCUT2D eigenvalue weighted by Crippen LogP contribution is -2.18. The first-order chi connectivity index (χ1) is 9.11. The summed E-state index contributed by atoms with van der Waals surface area (Å²) in [7, 11) is 0. The second kappa shape index (κ2) is 5.17. The molecule has 5 N–H and O–H groups in total. The number of pyridine rings is 1. The molecule has 2 rings (SSSR count). The van der Waals surface area contributed by atoms with Crippen molar-refractivity contribution in [3.63, 3.8) is 0 Å². The quantitative estimate of drug-likeness (QED) is 0.276. The lowest BCUT2D eigenvalue weighted by molar-refractivity contribution is 0.102. The molecule has 2 aromatic heterocycles. The maximum atomic E-state index is 11.9. The van der Waals surface area contributed by atoms with Crippen molar-refractivity contribution < 1.29 is 10.0 Å². The van der Waals surface area contributed by atoms with Crippen LogP contribution in [0.5, 0.6) is 0 Å². The lowest BCUT2D eigenvalue weighted by atomic mass is 10.2. The molecule has 0 fully saturated rings. The first kappa shape index (κ1) is 12.6.